The third-order valence-electron chi connectivity index (χ3n) is 2.30. The molecule has 0 aliphatic rings. The highest BCUT2D eigenvalue weighted by molar-refractivity contribution is 8.00. The van der Waals surface area contributed by atoms with Crippen molar-refractivity contribution in [2.45, 2.75) is 37.5 Å². The Hall–Kier alpha value is -0.980. The summed E-state index contributed by atoms with van der Waals surface area (Å²) in [5.41, 5.74) is 1.29. The van der Waals surface area contributed by atoms with Gasteiger partial charge in [0.15, 0.2) is 0 Å². The quantitative estimate of drug-likeness (QED) is 0.783. The maximum atomic E-state index is 8.74. The molecule has 0 saturated heterocycles. The first-order chi connectivity index (χ1) is 8.11. The lowest BCUT2D eigenvalue weighted by Crippen LogP contribution is -2.18. The number of nitrogens with one attached hydrogen (secondary N) is 1. The van der Waals surface area contributed by atoms with Gasteiger partial charge in [-0.25, -0.2) is 0 Å². The van der Waals surface area contributed by atoms with Gasteiger partial charge in [0.1, 0.15) is 0 Å². The van der Waals surface area contributed by atoms with Gasteiger partial charge in [0.05, 0.1) is 11.3 Å². The van der Waals surface area contributed by atoms with Crippen LogP contribution in [-0.2, 0) is 6.54 Å². The van der Waals surface area contributed by atoms with Crippen molar-refractivity contribution < 1.29 is 0 Å². The van der Waals surface area contributed by atoms with Crippen LogP contribution in [0.25, 0.3) is 0 Å². The Labute approximate surface area is 108 Å². The Kier molecular flexibility index (Phi) is 6.10. The molecule has 1 rings (SSSR count). The lowest BCUT2D eigenvalue weighted by atomic mass is 10.2. The summed E-state index contributed by atoms with van der Waals surface area (Å²) in [6.45, 7) is 8.29. The molecule has 3 heteroatoms. The van der Waals surface area contributed by atoms with Gasteiger partial charge in [0.25, 0.3) is 0 Å². The standard InChI is InChI=1S/C14H20N2S/c1-11(2)9-16-10-13-4-6-14(7-5-13)17-12(3)8-15/h4-7,11-12,16H,9-10H2,1-3H3. The van der Waals surface area contributed by atoms with Crippen LogP contribution >= 0.6 is 11.8 Å². The minimum atomic E-state index is 0.0138. The molecular formula is C14H20N2S. The van der Waals surface area contributed by atoms with Crippen molar-refractivity contribution in [3.05, 3.63) is 29.8 Å². The number of hydrogen-bond acceptors (Lipinski definition) is 3. The lowest BCUT2D eigenvalue weighted by molar-refractivity contribution is 0.552. The molecule has 0 bridgehead atoms. The van der Waals surface area contributed by atoms with Crippen molar-refractivity contribution in [2.24, 2.45) is 5.92 Å². The van der Waals surface area contributed by atoms with E-state index in [9.17, 15) is 0 Å². The fraction of sp³-hybridized carbons (Fsp3) is 0.500. The summed E-state index contributed by atoms with van der Waals surface area (Å²) in [7, 11) is 0. The molecule has 0 fully saturated rings. The summed E-state index contributed by atoms with van der Waals surface area (Å²) in [5.74, 6) is 0.682. The third kappa shape index (κ3) is 5.76. The van der Waals surface area contributed by atoms with Crippen molar-refractivity contribution in [3.8, 4) is 6.07 Å². The van der Waals surface area contributed by atoms with Crippen LogP contribution in [-0.4, -0.2) is 11.8 Å². The molecular weight excluding hydrogens is 228 g/mol. The predicted molar refractivity (Wildman–Crippen MR) is 73.9 cm³/mol. The molecule has 0 spiro atoms. The predicted octanol–water partition coefficient (Wildman–Crippen LogP) is 3.44. The highest BCUT2D eigenvalue weighted by atomic mass is 32.2. The summed E-state index contributed by atoms with van der Waals surface area (Å²) in [5, 5.41) is 12.2. The summed E-state index contributed by atoms with van der Waals surface area (Å²) in [6.07, 6.45) is 0. The van der Waals surface area contributed by atoms with Gasteiger partial charge in [-0.3, -0.25) is 0 Å². The maximum absolute atomic E-state index is 8.74. The number of nitrogens with zero attached hydrogens (tertiary/aromatic N) is 1. The average Bonchev–Trinajstić information content (AvgIpc) is 2.31. The van der Waals surface area contributed by atoms with Crippen LogP contribution in [0.2, 0.25) is 0 Å². The molecule has 1 unspecified atom stereocenters. The second-order valence-electron chi connectivity index (χ2n) is 4.56. The van der Waals surface area contributed by atoms with E-state index in [1.165, 1.54) is 5.56 Å². The van der Waals surface area contributed by atoms with Crippen LogP contribution in [0.5, 0.6) is 0 Å². The summed E-state index contributed by atoms with van der Waals surface area (Å²) in [6, 6.07) is 10.7. The van der Waals surface area contributed by atoms with Crippen LogP contribution in [0, 0.1) is 17.2 Å². The molecule has 0 saturated carbocycles. The van der Waals surface area contributed by atoms with Crippen LogP contribution < -0.4 is 5.32 Å². The van der Waals surface area contributed by atoms with E-state index in [1.54, 1.807) is 11.8 Å². The van der Waals surface area contributed by atoms with E-state index < -0.39 is 0 Å². The molecule has 0 aliphatic heterocycles. The fourth-order valence-electron chi connectivity index (χ4n) is 1.42. The molecule has 1 aromatic carbocycles. The highest BCUT2D eigenvalue weighted by Crippen LogP contribution is 2.22. The van der Waals surface area contributed by atoms with Crippen molar-refractivity contribution in [1.29, 1.82) is 5.26 Å². The maximum Gasteiger partial charge on any atom is 0.0935 e. The van der Waals surface area contributed by atoms with Gasteiger partial charge < -0.3 is 5.32 Å². The van der Waals surface area contributed by atoms with E-state index in [1.807, 2.05) is 6.92 Å². The Morgan fingerprint density at radius 1 is 1.24 bits per heavy atom. The van der Waals surface area contributed by atoms with E-state index in [0.29, 0.717) is 5.92 Å². The normalized spacial score (nSPS) is 12.4. The molecule has 1 N–H and O–H groups in total. The minimum Gasteiger partial charge on any atom is -0.312 e. The van der Waals surface area contributed by atoms with Gasteiger partial charge in [0, 0.05) is 11.4 Å². The molecule has 17 heavy (non-hydrogen) atoms. The lowest BCUT2D eigenvalue weighted by Gasteiger charge is -2.08. The van der Waals surface area contributed by atoms with Gasteiger partial charge in [-0.15, -0.1) is 11.8 Å². The first-order valence-electron chi connectivity index (χ1n) is 5.97. The second kappa shape index (κ2) is 7.37. The van der Waals surface area contributed by atoms with Crippen molar-refractivity contribution in [2.75, 3.05) is 6.54 Å². The van der Waals surface area contributed by atoms with E-state index in [4.69, 9.17) is 5.26 Å². The van der Waals surface area contributed by atoms with Crippen molar-refractivity contribution >= 4 is 11.8 Å². The van der Waals surface area contributed by atoms with Gasteiger partial charge in [-0.2, -0.15) is 5.26 Å². The van der Waals surface area contributed by atoms with Gasteiger partial charge >= 0.3 is 0 Å². The summed E-state index contributed by atoms with van der Waals surface area (Å²) < 4.78 is 0. The molecule has 0 aromatic heterocycles. The topological polar surface area (TPSA) is 35.8 Å². The zero-order valence-corrected chi connectivity index (χ0v) is 11.6. The Morgan fingerprint density at radius 2 is 1.88 bits per heavy atom. The molecule has 0 heterocycles. The molecule has 0 amide bonds. The molecule has 0 radical (unpaired) electrons. The third-order valence-corrected chi connectivity index (χ3v) is 3.30. The molecule has 92 valence electrons. The van der Waals surface area contributed by atoms with Crippen LogP contribution in [0.3, 0.4) is 0 Å². The van der Waals surface area contributed by atoms with Gasteiger partial charge in [0.2, 0.25) is 0 Å². The zero-order valence-electron chi connectivity index (χ0n) is 10.7. The van der Waals surface area contributed by atoms with E-state index in [0.717, 1.165) is 18.0 Å². The molecule has 1 atom stereocenters. The minimum absolute atomic E-state index is 0.0138. The second-order valence-corrected chi connectivity index (χ2v) is 5.97. The van der Waals surface area contributed by atoms with Crippen molar-refractivity contribution in [1.82, 2.24) is 5.32 Å². The first-order valence-corrected chi connectivity index (χ1v) is 6.85. The van der Waals surface area contributed by atoms with E-state index in [-0.39, 0.29) is 5.25 Å². The van der Waals surface area contributed by atoms with E-state index >= 15 is 0 Å². The van der Waals surface area contributed by atoms with Crippen LogP contribution in [0.1, 0.15) is 26.3 Å². The molecule has 0 aliphatic carbocycles. The smallest absolute Gasteiger partial charge is 0.0935 e. The monoisotopic (exact) mass is 248 g/mol. The highest BCUT2D eigenvalue weighted by Gasteiger charge is 2.02. The summed E-state index contributed by atoms with van der Waals surface area (Å²) in [4.78, 5) is 1.16. The van der Waals surface area contributed by atoms with Crippen molar-refractivity contribution in [3.63, 3.8) is 0 Å². The van der Waals surface area contributed by atoms with Gasteiger partial charge in [-0.05, 0) is 37.1 Å². The Bertz CT molecular complexity index is 365. The number of thioether (sulfide) groups is 1. The first kappa shape index (κ1) is 14.1. The average molecular weight is 248 g/mol. The van der Waals surface area contributed by atoms with Gasteiger partial charge in [-0.1, -0.05) is 26.0 Å². The number of benzene rings is 1. The fourth-order valence-corrected chi connectivity index (χ4v) is 2.18. The Morgan fingerprint density at radius 3 is 2.41 bits per heavy atom. The molecule has 2 nitrogen and oxygen atoms in total. The van der Waals surface area contributed by atoms with Crippen LogP contribution in [0.15, 0.2) is 29.2 Å². The number of rotatable bonds is 6. The summed E-state index contributed by atoms with van der Waals surface area (Å²) >= 11 is 1.60. The zero-order chi connectivity index (χ0) is 12.7. The molecule has 1 aromatic rings. The number of hydrogen-bond donors (Lipinski definition) is 1. The van der Waals surface area contributed by atoms with E-state index in [2.05, 4.69) is 49.5 Å². The SMILES string of the molecule is CC(C)CNCc1ccc(SC(C)C#N)cc1. The number of nitriles is 1. The Balaban J connectivity index is 2.42. The largest absolute Gasteiger partial charge is 0.312 e. The van der Waals surface area contributed by atoms with Crippen LogP contribution in [0.4, 0.5) is 0 Å².